The van der Waals surface area contributed by atoms with Crippen LogP contribution in [0.1, 0.15) is 0 Å². The number of likely N-dealkylation sites (N-methyl/N-ethyl adjacent to an activating group) is 2. The average molecular weight is 259 g/mol. The molecule has 18 heavy (non-hydrogen) atoms. The number of carboxylic acids is 1. The molecule has 0 radical (unpaired) electrons. The Balaban J connectivity index is 2.52. The van der Waals surface area contributed by atoms with Crippen molar-refractivity contribution in [2.45, 2.75) is 6.04 Å². The van der Waals surface area contributed by atoms with Crippen LogP contribution < -0.4 is 10.6 Å². The summed E-state index contributed by atoms with van der Waals surface area (Å²) in [6.45, 7) is 0.124. The van der Waals surface area contributed by atoms with Gasteiger partial charge in [0.1, 0.15) is 5.92 Å². The number of urea groups is 1. The Bertz CT molecular complexity index is 346. The highest BCUT2D eigenvalue weighted by Gasteiger charge is 2.38. The van der Waals surface area contributed by atoms with Crippen LogP contribution in [0.3, 0.4) is 0 Å². The number of nitrogens with zero attached hydrogens (tertiary/aromatic N) is 1. The zero-order valence-corrected chi connectivity index (χ0v) is 10.3. The Kier molecular flexibility index (Phi) is 4.90. The molecule has 0 spiro atoms. The molecule has 1 fully saturated rings. The van der Waals surface area contributed by atoms with E-state index in [1.165, 1.54) is 19.0 Å². The summed E-state index contributed by atoms with van der Waals surface area (Å²) in [6, 6.07) is -1.02. The van der Waals surface area contributed by atoms with E-state index in [0.717, 1.165) is 0 Å². The molecule has 1 rings (SSSR count). The Morgan fingerprint density at radius 1 is 1.39 bits per heavy atom. The summed E-state index contributed by atoms with van der Waals surface area (Å²) in [7, 11) is 2.94. The fraction of sp³-hybridized carbons (Fsp3) is 0.700. The number of hydrogen-bond acceptors (Lipinski definition) is 4. The molecule has 3 N–H and O–H groups in total. The van der Waals surface area contributed by atoms with Gasteiger partial charge in [-0.25, -0.2) is 4.79 Å². The molecule has 0 aromatic carbocycles. The van der Waals surface area contributed by atoms with Crippen molar-refractivity contribution in [1.82, 2.24) is 15.5 Å². The van der Waals surface area contributed by atoms with Crippen LogP contribution in [0.5, 0.6) is 0 Å². The van der Waals surface area contributed by atoms with Crippen molar-refractivity contribution >= 4 is 17.9 Å². The van der Waals surface area contributed by atoms with Crippen molar-refractivity contribution in [1.29, 1.82) is 0 Å². The van der Waals surface area contributed by atoms with Crippen molar-refractivity contribution in [3.8, 4) is 0 Å². The van der Waals surface area contributed by atoms with E-state index in [9.17, 15) is 14.4 Å². The highest BCUT2D eigenvalue weighted by molar-refractivity contribution is 5.84. The van der Waals surface area contributed by atoms with E-state index in [1.807, 2.05) is 0 Å². The van der Waals surface area contributed by atoms with E-state index < -0.39 is 24.0 Å². The summed E-state index contributed by atoms with van der Waals surface area (Å²) in [5, 5.41) is 13.7. The van der Waals surface area contributed by atoms with E-state index in [0.29, 0.717) is 0 Å². The Morgan fingerprint density at radius 3 is 2.61 bits per heavy atom. The minimum atomic E-state index is -0.997. The fourth-order valence-electron chi connectivity index (χ4n) is 1.68. The standard InChI is InChI=1S/C10H17N3O5/c1-11-8(14)3-12-10(17)13(2)7-5-18-4-6(7)9(15)16/h6-7H,3-5H2,1-2H3,(H,11,14)(H,12,17)(H,15,16). The maximum Gasteiger partial charge on any atom is 0.317 e. The van der Waals surface area contributed by atoms with Crippen LogP contribution in [-0.2, 0) is 14.3 Å². The summed E-state index contributed by atoms with van der Waals surface area (Å²) < 4.78 is 5.07. The van der Waals surface area contributed by atoms with Gasteiger partial charge in [0.2, 0.25) is 5.91 Å². The van der Waals surface area contributed by atoms with Crippen molar-refractivity contribution in [3.05, 3.63) is 0 Å². The zero-order chi connectivity index (χ0) is 13.7. The first-order valence-electron chi connectivity index (χ1n) is 5.49. The molecule has 0 saturated carbocycles. The second-order valence-corrected chi connectivity index (χ2v) is 3.99. The highest BCUT2D eigenvalue weighted by atomic mass is 16.5. The van der Waals surface area contributed by atoms with Crippen LogP contribution in [0.25, 0.3) is 0 Å². The summed E-state index contributed by atoms with van der Waals surface area (Å²) in [6.07, 6.45) is 0. The van der Waals surface area contributed by atoms with E-state index >= 15 is 0 Å². The zero-order valence-electron chi connectivity index (χ0n) is 10.3. The second-order valence-electron chi connectivity index (χ2n) is 3.99. The molecule has 8 nitrogen and oxygen atoms in total. The van der Waals surface area contributed by atoms with Gasteiger partial charge in [-0.1, -0.05) is 0 Å². The van der Waals surface area contributed by atoms with Gasteiger partial charge in [0.05, 0.1) is 25.8 Å². The van der Waals surface area contributed by atoms with E-state index in [2.05, 4.69) is 10.6 Å². The molecule has 1 aliphatic heterocycles. The summed E-state index contributed by atoms with van der Waals surface area (Å²) >= 11 is 0. The molecule has 102 valence electrons. The van der Waals surface area contributed by atoms with E-state index in [-0.39, 0.29) is 25.7 Å². The molecule has 2 unspecified atom stereocenters. The third-order valence-electron chi connectivity index (χ3n) is 2.86. The molecule has 0 aromatic rings. The fourth-order valence-corrected chi connectivity index (χ4v) is 1.68. The lowest BCUT2D eigenvalue weighted by atomic mass is 10.0. The lowest BCUT2D eigenvalue weighted by molar-refractivity contribution is -0.142. The third kappa shape index (κ3) is 3.33. The number of ether oxygens (including phenoxy) is 1. The maximum atomic E-state index is 11.7. The van der Waals surface area contributed by atoms with Gasteiger partial charge >= 0.3 is 12.0 Å². The van der Waals surface area contributed by atoms with Gasteiger partial charge in [-0.05, 0) is 0 Å². The first-order chi connectivity index (χ1) is 8.47. The Morgan fingerprint density at radius 2 is 2.06 bits per heavy atom. The largest absolute Gasteiger partial charge is 0.481 e. The number of nitrogens with one attached hydrogen (secondary N) is 2. The Hall–Kier alpha value is -1.83. The molecule has 1 aliphatic rings. The number of amides is 3. The van der Waals surface area contributed by atoms with Crippen LogP contribution in [0.4, 0.5) is 4.79 Å². The van der Waals surface area contributed by atoms with Crippen molar-refractivity contribution in [2.24, 2.45) is 5.92 Å². The number of hydrogen-bond donors (Lipinski definition) is 3. The third-order valence-corrected chi connectivity index (χ3v) is 2.86. The molecule has 0 bridgehead atoms. The van der Waals surface area contributed by atoms with Crippen molar-refractivity contribution in [2.75, 3.05) is 33.9 Å². The molecule has 2 atom stereocenters. The number of aliphatic carboxylic acids is 1. The summed E-state index contributed by atoms with van der Waals surface area (Å²) in [5.41, 5.74) is 0. The number of carbonyl (C=O) groups excluding carboxylic acids is 2. The molecule has 8 heteroatoms. The first-order valence-corrected chi connectivity index (χ1v) is 5.49. The van der Waals surface area contributed by atoms with E-state index in [1.54, 1.807) is 0 Å². The lowest BCUT2D eigenvalue weighted by Crippen LogP contribution is -2.50. The molecule has 1 saturated heterocycles. The Labute approximate surface area is 104 Å². The summed E-state index contributed by atoms with van der Waals surface area (Å²) in [4.78, 5) is 34.9. The van der Waals surface area contributed by atoms with Gasteiger partial charge < -0.3 is 25.4 Å². The van der Waals surface area contributed by atoms with Gasteiger partial charge in [0.25, 0.3) is 0 Å². The van der Waals surface area contributed by atoms with Crippen LogP contribution in [0.15, 0.2) is 0 Å². The molecule has 3 amide bonds. The number of carbonyl (C=O) groups is 3. The van der Waals surface area contributed by atoms with Crippen LogP contribution in [-0.4, -0.2) is 67.8 Å². The van der Waals surface area contributed by atoms with Crippen LogP contribution in [0.2, 0.25) is 0 Å². The van der Waals surface area contributed by atoms with Crippen molar-refractivity contribution < 1.29 is 24.2 Å². The number of rotatable bonds is 4. The second kappa shape index (κ2) is 6.20. The predicted octanol–water partition coefficient (Wildman–Crippen LogP) is -1.53. The first kappa shape index (κ1) is 14.2. The van der Waals surface area contributed by atoms with Gasteiger partial charge in [-0.3, -0.25) is 9.59 Å². The van der Waals surface area contributed by atoms with Gasteiger partial charge in [0.15, 0.2) is 0 Å². The summed E-state index contributed by atoms with van der Waals surface area (Å²) in [5.74, 6) is -2.06. The molecular formula is C10H17N3O5. The predicted molar refractivity (Wildman–Crippen MR) is 61.0 cm³/mol. The number of carboxylic acid groups (broad SMARTS) is 1. The SMILES string of the molecule is CNC(=O)CNC(=O)N(C)C1COCC1C(=O)O. The quantitative estimate of drug-likeness (QED) is 0.568. The normalized spacial score (nSPS) is 22.3. The molecule has 0 aromatic heterocycles. The van der Waals surface area contributed by atoms with E-state index in [4.69, 9.17) is 9.84 Å². The molecule has 1 heterocycles. The minimum Gasteiger partial charge on any atom is -0.481 e. The monoisotopic (exact) mass is 259 g/mol. The van der Waals surface area contributed by atoms with Crippen LogP contribution >= 0.6 is 0 Å². The molecule has 0 aliphatic carbocycles. The average Bonchev–Trinajstić information content (AvgIpc) is 2.83. The van der Waals surface area contributed by atoms with Crippen molar-refractivity contribution in [3.63, 3.8) is 0 Å². The topological polar surface area (TPSA) is 108 Å². The molecular weight excluding hydrogens is 242 g/mol. The highest BCUT2D eigenvalue weighted by Crippen LogP contribution is 2.18. The van der Waals surface area contributed by atoms with Gasteiger partial charge in [0, 0.05) is 14.1 Å². The van der Waals surface area contributed by atoms with Crippen LogP contribution in [0, 0.1) is 5.92 Å². The smallest absolute Gasteiger partial charge is 0.317 e. The lowest BCUT2D eigenvalue weighted by Gasteiger charge is -2.26. The minimum absolute atomic E-state index is 0.0903. The van der Waals surface area contributed by atoms with Gasteiger partial charge in [-0.2, -0.15) is 0 Å². The maximum absolute atomic E-state index is 11.7. The van der Waals surface area contributed by atoms with Gasteiger partial charge in [-0.15, -0.1) is 0 Å².